The number of anilines is 2. The van der Waals surface area contributed by atoms with Gasteiger partial charge in [-0.15, -0.1) is 0 Å². The molecule has 0 aliphatic carbocycles. The maximum absolute atomic E-state index is 3.62. The van der Waals surface area contributed by atoms with Crippen molar-refractivity contribution in [1.82, 2.24) is 0 Å². The van der Waals surface area contributed by atoms with Gasteiger partial charge in [-0.25, -0.2) is 0 Å². The van der Waals surface area contributed by atoms with Crippen LogP contribution in [-0.2, 0) is 5.41 Å². The SMILES string of the molecule is CC(C)(C)c1ccc(C2Nc3cccc4cccc(c34)N2)cc1. The summed E-state index contributed by atoms with van der Waals surface area (Å²) in [6.45, 7) is 6.74. The smallest absolute Gasteiger partial charge is 0.123 e. The Bertz CT molecular complexity index is 816. The van der Waals surface area contributed by atoms with E-state index in [1.807, 2.05) is 0 Å². The molecule has 0 atom stereocenters. The standard InChI is InChI=1S/C21H22N2/c1-21(2,3)16-12-10-15(11-13-16)20-22-17-8-4-6-14-7-5-9-18(23-20)19(14)17/h4-13,20,22-23H,1-3H3. The third-order valence-corrected chi connectivity index (χ3v) is 4.61. The number of nitrogens with one attached hydrogen (secondary N) is 2. The summed E-state index contributed by atoms with van der Waals surface area (Å²) in [6.07, 6.45) is 0.101. The summed E-state index contributed by atoms with van der Waals surface area (Å²) < 4.78 is 0. The van der Waals surface area contributed by atoms with Gasteiger partial charge in [0.05, 0.1) is 0 Å². The lowest BCUT2D eigenvalue weighted by Gasteiger charge is -2.30. The second kappa shape index (κ2) is 5.02. The largest absolute Gasteiger partial charge is 0.361 e. The predicted molar refractivity (Wildman–Crippen MR) is 99.1 cm³/mol. The molecule has 1 aliphatic rings. The highest BCUT2D eigenvalue weighted by Gasteiger charge is 2.21. The normalized spacial score (nSPS) is 14.4. The van der Waals surface area contributed by atoms with Gasteiger partial charge in [-0.05, 0) is 34.1 Å². The quantitative estimate of drug-likeness (QED) is 0.605. The van der Waals surface area contributed by atoms with Gasteiger partial charge in [0.15, 0.2) is 0 Å². The molecule has 116 valence electrons. The van der Waals surface area contributed by atoms with Gasteiger partial charge >= 0.3 is 0 Å². The molecule has 1 heterocycles. The van der Waals surface area contributed by atoms with Crippen LogP contribution < -0.4 is 10.6 Å². The van der Waals surface area contributed by atoms with Crippen LogP contribution >= 0.6 is 0 Å². The topological polar surface area (TPSA) is 24.1 Å². The number of hydrogen-bond acceptors (Lipinski definition) is 2. The highest BCUT2D eigenvalue weighted by molar-refractivity contribution is 6.04. The van der Waals surface area contributed by atoms with E-state index in [0.717, 1.165) is 0 Å². The molecule has 2 N–H and O–H groups in total. The molecule has 0 saturated carbocycles. The van der Waals surface area contributed by atoms with E-state index < -0.39 is 0 Å². The summed E-state index contributed by atoms with van der Waals surface area (Å²) in [5.41, 5.74) is 5.19. The molecule has 0 saturated heterocycles. The van der Waals surface area contributed by atoms with Crippen LogP contribution in [0.4, 0.5) is 11.4 Å². The van der Waals surface area contributed by atoms with E-state index in [0.29, 0.717) is 0 Å². The van der Waals surface area contributed by atoms with Crippen molar-refractivity contribution in [3.63, 3.8) is 0 Å². The second-order valence-electron chi connectivity index (χ2n) is 7.30. The Morgan fingerprint density at radius 2 is 1.30 bits per heavy atom. The number of benzene rings is 3. The van der Waals surface area contributed by atoms with Crippen molar-refractivity contribution in [3.05, 3.63) is 71.8 Å². The fourth-order valence-corrected chi connectivity index (χ4v) is 3.27. The van der Waals surface area contributed by atoms with Gasteiger partial charge in [-0.1, -0.05) is 69.3 Å². The highest BCUT2D eigenvalue weighted by Crippen LogP contribution is 2.38. The summed E-state index contributed by atoms with van der Waals surface area (Å²) in [5.74, 6) is 0. The van der Waals surface area contributed by atoms with Gasteiger partial charge < -0.3 is 10.6 Å². The molecule has 4 rings (SSSR count). The fourth-order valence-electron chi connectivity index (χ4n) is 3.27. The molecule has 3 aromatic carbocycles. The summed E-state index contributed by atoms with van der Waals surface area (Å²) in [6, 6.07) is 21.8. The molecule has 0 amide bonds. The lowest BCUT2D eigenvalue weighted by atomic mass is 9.86. The summed E-state index contributed by atoms with van der Waals surface area (Å²) >= 11 is 0. The monoisotopic (exact) mass is 302 g/mol. The Hall–Kier alpha value is -2.48. The zero-order valence-corrected chi connectivity index (χ0v) is 13.9. The number of rotatable bonds is 1. The summed E-state index contributed by atoms with van der Waals surface area (Å²) in [7, 11) is 0. The van der Waals surface area contributed by atoms with Gasteiger partial charge in [-0.3, -0.25) is 0 Å². The minimum atomic E-state index is 0.101. The Balaban J connectivity index is 1.70. The third kappa shape index (κ3) is 2.44. The van der Waals surface area contributed by atoms with Crippen LogP contribution in [0.1, 0.15) is 38.1 Å². The zero-order chi connectivity index (χ0) is 16.0. The first kappa shape index (κ1) is 14.1. The van der Waals surface area contributed by atoms with Crippen LogP contribution in [0.5, 0.6) is 0 Å². The molecule has 2 nitrogen and oxygen atoms in total. The van der Waals surface area contributed by atoms with E-state index in [-0.39, 0.29) is 11.6 Å². The zero-order valence-electron chi connectivity index (χ0n) is 13.9. The lowest BCUT2D eigenvalue weighted by molar-refractivity contribution is 0.590. The van der Waals surface area contributed by atoms with Gasteiger partial charge in [0.25, 0.3) is 0 Å². The maximum atomic E-state index is 3.62. The lowest BCUT2D eigenvalue weighted by Crippen LogP contribution is -2.23. The van der Waals surface area contributed by atoms with E-state index in [9.17, 15) is 0 Å². The summed E-state index contributed by atoms with van der Waals surface area (Å²) in [4.78, 5) is 0. The van der Waals surface area contributed by atoms with Crippen LogP contribution in [0.25, 0.3) is 10.8 Å². The first-order valence-electron chi connectivity index (χ1n) is 8.18. The Labute approximate surface area is 137 Å². The molecule has 23 heavy (non-hydrogen) atoms. The van der Waals surface area contributed by atoms with Crippen molar-refractivity contribution < 1.29 is 0 Å². The van der Waals surface area contributed by atoms with E-state index in [1.54, 1.807) is 0 Å². The molecule has 2 heteroatoms. The molecule has 1 aliphatic heterocycles. The molecule has 0 bridgehead atoms. The predicted octanol–water partition coefficient (Wildman–Crippen LogP) is 5.67. The average Bonchev–Trinajstić information content (AvgIpc) is 2.55. The molecule has 0 spiro atoms. The molecule has 3 aromatic rings. The minimum absolute atomic E-state index is 0.101. The Morgan fingerprint density at radius 1 is 0.739 bits per heavy atom. The summed E-state index contributed by atoms with van der Waals surface area (Å²) in [5, 5.41) is 9.79. The molecule has 0 aromatic heterocycles. The highest BCUT2D eigenvalue weighted by atomic mass is 15.1. The van der Waals surface area contributed by atoms with Crippen LogP contribution in [0.3, 0.4) is 0 Å². The second-order valence-corrected chi connectivity index (χ2v) is 7.30. The first-order chi connectivity index (χ1) is 11.0. The Morgan fingerprint density at radius 3 is 1.83 bits per heavy atom. The van der Waals surface area contributed by atoms with Gasteiger partial charge in [0.2, 0.25) is 0 Å². The van der Waals surface area contributed by atoms with Crippen molar-refractivity contribution in [2.75, 3.05) is 10.6 Å². The third-order valence-electron chi connectivity index (χ3n) is 4.61. The number of hydrogen-bond donors (Lipinski definition) is 2. The fraction of sp³-hybridized carbons (Fsp3) is 0.238. The van der Waals surface area contributed by atoms with Crippen molar-refractivity contribution >= 4 is 22.1 Å². The van der Waals surface area contributed by atoms with Crippen molar-refractivity contribution in [1.29, 1.82) is 0 Å². The molecule has 0 unspecified atom stereocenters. The van der Waals surface area contributed by atoms with E-state index in [4.69, 9.17) is 0 Å². The van der Waals surface area contributed by atoms with E-state index in [1.165, 1.54) is 33.3 Å². The van der Waals surface area contributed by atoms with E-state index >= 15 is 0 Å². The van der Waals surface area contributed by atoms with Gasteiger partial charge in [-0.2, -0.15) is 0 Å². The molecule has 0 radical (unpaired) electrons. The van der Waals surface area contributed by atoms with E-state index in [2.05, 4.69) is 92.1 Å². The van der Waals surface area contributed by atoms with Gasteiger partial charge in [0, 0.05) is 16.8 Å². The molecule has 0 fully saturated rings. The van der Waals surface area contributed by atoms with Crippen molar-refractivity contribution in [2.24, 2.45) is 0 Å². The van der Waals surface area contributed by atoms with Crippen LogP contribution in [0.2, 0.25) is 0 Å². The first-order valence-corrected chi connectivity index (χ1v) is 8.18. The van der Waals surface area contributed by atoms with Crippen molar-refractivity contribution in [3.8, 4) is 0 Å². The minimum Gasteiger partial charge on any atom is -0.361 e. The van der Waals surface area contributed by atoms with Crippen LogP contribution in [0, 0.1) is 0 Å². The van der Waals surface area contributed by atoms with Crippen LogP contribution in [-0.4, -0.2) is 0 Å². The average molecular weight is 302 g/mol. The molecular weight excluding hydrogens is 280 g/mol. The van der Waals surface area contributed by atoms with Crippen LogP contribution in [0.15, 0.2) is 60.7 Å². The maximum Gasteiger partial charge on any atom is 0.123 e. The molecular formula is C21H22N2. The van der Waals surface area contributed by atoms with Gasteiger partial charge in [0.1, 0.15) is 6.17 Å². The Kier molecular flexibility index (Phi) is 3.08. The van der Waals surface area contributed by atoms with Crippen molar-refractivity contribution in [2.45, 2.75) is 32.4 Å².